The molecule has 2 aliphatic heterocycles. The number of hydrazine groups is 1. The fourth-order valence-corrected chi connectivity index (χ4v) is 4.21. The van der Waals surface area contributed by atoms with E-state index < -0.39 is 36.0 Å². The second-order valence-electron chi connectivity index (χ2n) is 7.73. The lowest BCUT2D eigenvalue weighted by Gasteiger charge is -2.35. The van der Waals surface area contributed by atoms with Crippen LogP contribution in [0.4, 0.5) is 4.79 Å². The Morgan fingerprint density at radius 1 is 1.10 bits per heavy atom. The molecule has 10 heteroatoms. The SMILES string of the molecule is CN1C(=O)N(CC(=O)NNC(=O)C2COc3ccccc3O2)C(=O)C12CCCCC2. The molecule has 160 valence electrons. The van der Waals surface area contributed by atoms with Crippen molar-refractivity contribution in [3.63, 3.8) is 0 Å². The normalized spacial score (nSPS) is 22.2. The zero-order valence-corrected chi connectivity index (χ0v) is 16.7. The Morgan fingerprint density at radius 3 is 2.53 bits per heavy atom. The number of likely N-dealkylation sites (N-methyl/N-ethyl adjacent to an activating group) is 1. The molecular formula is C20H24N4O6. The lowest BCUT2D eigenvalue weighted by molar-refractivity contribution is -0.138. The summed E-state index contributed by atoms with van der Waals surface area (Å²) < 4.78 is 11.0. The summed E-state index contributed by atoms with van der Waals surface area (Å²) in [4.78, 5) is 52.4. The molecule has 1 atom stereocenters. The first-order valence-electron chi connectivity index (χ1n) is 9.99. The number of nitrogens with zero attached hydrogens (tertiary/aromatic N) is 2. The van der Waals surface area contributed by atoms with Gasteiger partial charge in [0.05, 0.1) is 0 Å². The van der Waals surface area contributed by atoms with Crippen LogP contribution in [-0.4, -0.2) is 65.4 Å². The molecule has 1 spiro atoms. The zero-order chi connectivity index (χ0) is 21.3. The number of benzene rings is 1. The molecule has 2 N–H and O–H groups in total. The van der Waals surface area contributed by atoms with Gasteiger partial charge >= 0.3 is 6.03 Å². The highest BCUT2D eigenvalue weighted by molar-refractivity contribution is 6.09. The van der Waals surface area contributed by atoms with Crippen LogP contribution in [0.25, 0.3) is 0 Å². The van der Waals surface area contributed by atoms with Gasteiger partial charge < -0.3 is 14.4 Å². The predicted molar refractivity (Wildman–Crippen MR) is 103 cm³/mol. The Hall–Kier alpha value is -3.30. The number of rotatable bonds is 3. The van der Waals surface area contributed by atoms with Crippen molar-refractivity contribution in [1.29, 1.82) is 0 Å². The molecule has 0 aromatic heterocycles. The summed E-state index contributed by atoms with van der Waals surface area (Å²) in [5.74, 6) is -0.653. The number of ether oxygens (including phenoxy) is 2. The number of hydrogen-bond acceptors (Lipinski definition) is 6. The van der Waals surface area contributed by atoms with Crippen LogP contribution in [0.1, 0.15) is 32.1 Å². The summed E-state index contributed by atoms with van der Waals surface area (Å²) in [7, 11) is 1.60. The van der Waals surface area contributed by atoms with Crippen molar-refractivity contribution in [1.82, 2.24) is 20.7 Å². The molecule has 4 rings (SSSR count). The largest absolute Gasteiger partial charge is 0.485 e. The summed E-state index contributed by atoms with van der Waals surface area (Å²) in [6, 6.07) is 6.45. The summed E-state index contributed by atoms with van der Waals surface area (Å²) in [6.45, 7) is -0.468. The van der Waals surface area contributed by atoms with Gasteiger partial charge in [0.2, 0.25) is 6.10 Å². The van der Waals surface area contributed by atoms with Gasteiger partial charge in [-0.1, -0.05) is 31.4 Å². The topological polar surface area (TPSA) is 117 Å². The van der Waals surface area contributed by atoms with Gasteiger partial charge in [0.1, 0.15) is 18.7 Å². The quantitative estimate of drug-likeness (QED) is 0.550. The van der Waals surface area contributed by atoms with Crippen LogP contribution >= 0.6 is 0 Å². The molecule has 1 saturated heterocycles. The molecule has 5 amide bonds. The van der Waals surface area contributed by atoms with Gasteiger partial charge in [-0.15, -0.1) is 0 Å². The molecule has 3 aliphatic rings. The van der Waals surface area contributed by atoms with E-state index >= 15 is 0 Å². The van der Waals surface area contributed by atoms with E-state index in [4.69, 9.17) is 9.47 Å². The Kier molecular flexibility index (Phi) is 5.23. The maximum absolute atomic E-state index is 12.9. The number of imide groups is 1. The predicted octanol–water partition coefficient (Wildman–Crippen LogP) is 0.571. The number of urea groups is 1. The fourth-order valence-electron chi connectivity index (χ4n) is 4.21. The maximum atomic E-state index is 12.9. The smallest absolute Gasteiger partial charge is 0.327 e. The molecule has 0 bridgehead atoms. The van der Waals surface area contributed by atoms with Crippen molar-refractivity contribution in [2.24, 2.45) is 0 Å². The van der Waals surface area contributed by atoms with Gasteiger partial charge in [0, 0.05) is 7.05 Å². The van der Waals surface area contributed by atoms with Crippen molar-refractivity contribution in [3.05, 3.63) is 24.3 Å². The van der Waals surface area contributed by atoms with Crippen LogP contribution < -0.4 is 20.3 Å². The highest BCUT2D eigenvalue weighted by Gasteiger charge is 2.55. The lowest BCUT2D eigenvalue weighted by Crippen LogP contribution is -2.53. The Labute approximate surface area is 173 Å². The number of amides is 5. The van der Waals surface area contributed by atoms with Crippen molar-refractivity contribution < 1.29 is 28.7 Å². The van der Waals surface area contributed by atoms with Crippen LogP contribution in [-0.2, 0) is 14.4 Å². The number of para-hydroxylation sites is 2. The first kappa shape index (κ1) is 20.0. The molecule has 1 saturated carbocycles. The van der Waals surface area contributed by atoms with E-state index in [2.05, 4.69) is 10.9 Å². The first-order chi connectivity index (χ1) is 14.4. The minimum Gasteiger partial charge on any atom is -0.485 e. The Morgan fingerprint density at radius 2 is 1.80 bits per heavy atom. The Bertz CT molecular complexity index is 882. The van der Waals surface area contributed by atoms with E-state index in [0.717, 1.165) is 24.2 Å². The van der Waals surface area contributed by atoms with Gasteiger partial charge in [-0.3, -0.25) is 30.1 Å². The summed E-state index contributed by atoms with van der Waals surface area (Å²) in [5.41, 5.74) is 3.65. The van der Waals surface area contributed by atoms with Crippen molar-refractivity contribution in [2.45, 2.75) is 43.7 Å². The zero-order valence-electron chi connectivity index (χ0n) is 16.7. The van der Waals surface area contributed by atoms with Crippen molar-refractivity contribution >= 4 is 23.8 Å². The summed E-state index contributed by atoms with van der Waals surface area (Å²) in [6.07, 6.45) is 3.03. The number of nitrogens with one attached hydrogen (secondary N) is 2. The summed E-state index contributed by atoms with van der Waals surface area (Å²) >= 11 is 0. The molecule has 0 radical (unpaired) electrons. The standard InChI is InChI=1S/C20H24N4O6/c1-23-19(28)24(18(27)20(23)9-5-2-6-10-20)11-16(25)21-22-17(26)15-12-29-13-7-3-4-8-14(13)30-15/h3-4,7-8,15H,2,5-6,9-12H2,1H3,(H,21,25)(H,22,26). The first-order valence-corrected chi connectivity index (χ1v) is 9.99. The molecule has 1 unspecified atom stereocenters. The number of fused-ring (bicyclic) bond motifs is 1. The third-order valence-corrected chi connectivity index (χ3v) is 5.91. The van der Waals surface area contributed by atoms with E-state index in [9.17, 15) is 19.2 Å². The molecule has 2 heterocycles. The van der Waals surface area contributed by atoms with Crippen molar-refractivity contribution in [3.8, 4) is 11.5 Å². The van der Waals surface area contributed by atoms with Gasteiger partial charge in [-0.25, -0.2) is 4.79 Å². The van der Waals surface area contributed by atoms with Crippen LogP contribution in [0.5, 0.6) is 11.5 Å². The lowest BCUT2D eigenvalue weighted by atomic mass is 9.81. The second-order valence-corrected chi connectivity index (χ2v) is 7.73. The number of carbonyl (C=O) groups is 4. The molecule has 1 aromatic carbocycles. The minimum atomic E-state index is -0.938. The van der Waals surface area contributed by atoms with E-state index in [-0.39, 0.29) is 12.5 Å². The monoisotopic (exact) mass is 416 g/mol. The van der Waals surface area contributed by atoms with Gasteiger partial charge in [-0.2, -0.15) is 0 Å². The minimum absolute atomic E-state index is 0.00483. The molecule has 30 heavy (non-hydrogen) atoms. The van der Waals surface area contributed by atoms with Crippen molar-refractivity contribution in [2.75, 3.05) is 20.2 Å². The second kappa shape index (κ2) is 7.85. The average molecular weight is 416 g/mol. The van der Waals surface area contributed by atoms with Gasteiger partial charge in [0.25, 0.3) is 17.7 Å². The Balaban J connectivity index is 1.31. The van der Waals surface area contributed by atoms with E-state index in [0.29, 0.717) is 24.3 Å². The van der Waals surface area contributed by atoms with Crippen LogP contribution in [0.15, 0.2) is 24.3 Å². The van der Waals surface area contributed by atoms with Crippen LogP contribution in [0, 0.1) is 0 Å². The number of hydrogen-bond donors (Lipinski definition) is 2. The third kappa shape index (κ3) is 3.42. The van der Waals surface area contributed by atoms with E-state index in [1.165, 1.54) is 4.90 Å². The van der Waals surface area contributed by atoms with E-state index in [1.807, 2.05) is 0 Å². The van der Waals surface area contributed by atoms with Gasteiger partial charge in [-0.05, 0) is 25.0 Å². The maximum Gasteiger partial charge on any atom is 0.327 e. The molecule has 2 fully saturated rings. The molecule has 1 aliphatic carbocycles. The molecule has 10 nitrogen and oxygen atoms in total. The fraction of sp³-hybridized carbons (Fsp3) is 0.500. The average Bonchev–Trinajstić information content (AvgIpc) is 2.94. The highest BCUT2D eigenvalue weighted by Crippen LogP contribution is 2.39. The van der Waals surface area contributed by atoms with Gasteiger partial charge in [0.15, 0.2) is 11.5 Å². The number of carbonyl (C=O) groups excluding carboxylic acids is 4. The summed E-state index contributed by atoms with van der Waals surface area (Å²) in [5, 5.41) is 0. The molecule has 1 aromatic rings. The third-order valence-electron chi connectivity index (χ3n) is 5.91. The van der Waals surface area contributed by atoms with Crippen LogP contribution in [0.2, 0.25) is 0 Å². The van der Waals surface area contributed by atoms with E-state index in [1.54, 1.807) is 31.3 Å². The highest BCUT2D eigenvalue weighted by atomic mass is 16.6. The van der Waals surface area contributed by atoms with Crippen LogP contribution in [0.3, 0.4) is 0 Å². The molecular weight excluding hydrogens is 392 g/mol.